The predicted octanol–water partition coefficient (Wildman–Crippen LogP) is 5.16. The van der Waals surface area contributed by atoms with E-state index in [0.717, 1.165) is 24.7 Å². The van der Waals surface area contributed by atoms with Crippen LogP contribution in [0.4, 0.5) is 0 Å². The van der Waals surface area contributed by atoms with Gasteiger partial charge >= 0.3 is 0 Å². The minimum absolute atomic E-state index is 0.0794. The average Bonchev–Trinajstić information content (AvgIpc) is 3.39. The van der Waals surface area contributed by atoms with Crippen molar-refractivity contribution in [2.45, 2.75) is 51.5 Å². The summed E-state index contributed by atoms with van der Waals surface area (Å²) in [4.78, 5) is 13.4. The molecule has 1 spiro atoms. The summed E-state index contributed by atoms with van der Waals surface area (Å²) in [7, 11) is 0. The molecule has 7 rings (SSSR count). The van der Waals surface area contributed by atoms with Crippen LogP contribution < -0.4 is 5.32 Å². The molecule has 4 saturated carbocycles. The van der Waals surface area contributed by atoms with Crippen LogP contribution in [0.3, 0.4) is 0 Å². The first-order valence-electron chi connectivity index (χ1n) is 10.9. The Kier molecular flexibility index (Phi) is 3.18. The largest absolute Gasteiger partial charge is 0.353 e. The van der Waals surface area contributed by atoms with Crippen LogP contribution in [0.5, 0.6) is 0 Å². The molecule has 1 amide bonds. The minimum Gasteiger partial charge on any atom is -0.353 e. The van der Waals surface area contributed by atoms with Crippen molar-refractivity contribution in [2.24, 2.45) is 29.1 Å². The molecule has 0 saturated heterocycles. The van der Waals surface area contributed by atoms with E-state index in [1.165, 1.54) is 28.7 Å². The number of hydrogen-bond acceptors (Lipinski definition) is 1. The number of carbonyl (C=O) groups is 1. The lowest BCUT2D eigenvalue weighted by atomic mass is 9.45. The Morgan fingerprint density at radius 1 is 0.964 bits per heavy atom. The van der Waals surface area contributed by atoms with E-state index in [0.29, 0.717) is 17.4 Å². The van der Waals surface area contributed by atoms with Crippen molar-refractivity contribution < 1.29 is 4.79 Å². The van der Waals surface area contributed by atoms with E-state index in [1.807, 2.05) is 0 Å². The molecule has 0 radical (unpaired) electrons. The number of fused-ring (bicyclic) bond motifs is 7. The smallest absolute Gasteiger partial charge is 0.224 e. The summed E-state index contributed by atoms with van der Waals surface area (Å²) in [6, 6.07) is 17.7. The Balaban J connectivity index is 1.28. The minimum atomic E-state index is -0.0859. The first kappa shape index (κ1) is 16.8. The second-order valence-electron chi connectivity index (χ2n) is 10.4. The highest BCUT2D eigenvalue weighted by molar-refractivity contribution is 5.92. The molecule has 2 bridgehead atoms. The maximum atomic E-state index is 13.4. The maximum Gasteiger partial charge on any atom is 0.224 e. The number of benzene rings is 2. The molecular weight excluding hydrogens is 342 g/mol. The van der Waals surface area contributed by atoms with Gasteiger partial charge in [-0.25, -0.2) is 0 Å². The molecule has 144 valence electrons. The standard InChI is InChI=1S/C26H29NO/c1-15-21-12-16(25(21,2)3)13-23(15)27-24(28)22-14-26(22)19-10-6-4-8-17(19)18-9-5-7-11-20(18)26/h4-11,15-16,21-23H,12-14H2,1-3H3,(H,27,28)/t15-,16+,21-,22?,23-/m1/s1. The van der Waals surface area contributed by atoms with Gasteiger partial charge in [0.25, 0.3) is 0 Å². The third-order valence-corrected chi connectivity index (χ3v) is 9.06. The summed E-state index contributed by atoms with van der Waals surface area (Å²) >= 11 is 0. The second-order valence-corrected chi connectivity index (χ2v) is 10.4. The van der Waals surface area contributed by atoms with E-state index in [-0.39, 0.29) is 17.2 Å². The highest BCUT2D eigenvalue weighted by atomic mass is 16.2. The van der Waals surface area contributed by atoms with Crippen LogP contribution in [0.15, 0.2) is 48.5 Å². The number of rotatable bonds is 2. The Bertz CT molecular complexity index is 944. The van der Waals surface area contributed by atoms with Gasteiger partial charge in [0.1, 0.15) is 0 Å². The van der Waals surface area contributed by atoms with E-state index < -0.39 is 0 Å². The monoisotopic (exact) mass is 371 g/mol. The van der Waals surface area contributed by atoms with Crippen LogP contribution in [-0.2, 0) is 10.2 Å². The Morgan fingerprint density at radius 2 is 1.57 bits per heavy atom. The van der Waals surface area contributed by atoms with Crippen molar-refractivity contribution in [3.05, 3.63) is 59.7 Å². The zero-order chi connectivity index (χ0) is 19.3. The number of hydrogen-bond donors (Lipinski definition) is 1. The van der Waals surface area contributed by atoms with Crippen molar-refractivity contribution in [2.75, 3.05) is 0 Å². The van der Waals surface area contributed by atoms with Crippen molar-refractivity contribution >= 4 is 5.91 Å². The molecule has 2 aromatic carbocycles. The molecule has 0 aromatic heterocycles. The van der Waals surface area contributed by atoms with Crippen molar-refractivity contribution in [1.82, 2.24) is 5.32 Å². The molecule has 28 heavy (non-hydrogen) atoms. The summed E-state index contributed by atoms with van der Waals surface area (Å²) in [5.74, 6) is 2.48. The van der Waals surface area contributed by atoms with Crippen molar-refractivity contribution in [3.8, 4) is 11.1 Å². The lowest BCUT2D eigenvalue weighted by Gasteiger charge is -2.62. The molecule has 5 aliphatic rings. The SMILES string of the molecule is C[C@@H]1[C@H]2C[C@@H](C[C@H]1NC(=O)C1CC13c1ccccc1-c1ccccc13)C2(C)C. The van der Waals surface area contributed by atoms with Gasteiger partial charge < -0.3 is 5.32 Å². The van der Waals surface area contributed by atoms with E-state index in [4.69, 9.17) is 0 Å². The summed E-state index contributed by atoms with van der Waals surface area (Å²) in [6.45, 7) is 7.20. The first-order valence-corrected chi connectivity index (χ1v) is 10.9. The summed E-state index contributed by atoms with van der Waals surface area (Å²) in [6.07, 6.45) is 3.46. The molecule has 2 heteroatoms. The molecule has 1 N–H and O–H groups in total. The topological polar surface area (TPSA) is 29.1 Å². The lowest BCUT2D eigenvalue weighted by molar-refractivity contribution is -0.135. The van der Waals surface area contributed by atoms with Crippen molar-refractivity contribution in [1.29, 1.82) is 0 Å². The van der Waals surface area contributed by atoms with Gasteiger partial charge in [-0.1, -0.05) is 69.3 Å². The van der Waals surface area contributed by atoms with Crippen LogP contribution in [0.25, 0.3) is 11.1 Å². The van der Waals surface area contributed by atoms with E-state index in [2.05, 4.69) is 74.6 Å². The number of amides is 1. The third kappa shape index (κ3) is 1.92. The summed E-state index contributed by atoms with van der Waals surface area (Å²) in [5, 5.41) is 3.50. The fourth-order valence-corrected chi connectivity index (χ4v) is 7.16. The second kappa shape index (κ2) is 5.28. The summed E-state index contributed by atoms with van der Waals surface area (Å²) < 4.78 is 0. The molecule has 2 aromatic rings. The molecule has 0 heterocycles. The zero-order valence-corrected chi connectivity index (χ0v) is 17.0. The van der Waals surface area contributed by atoms with E-state index in [9.17, 15) is 4.79 Å². The molecule has 5 aliphatic carbocycles. The van der Waals surface area contributed by atoms with Crippen LogP contribution in [0.1, 0.15) is 51.2 Å². The number of carbonyl (C=O) groups excluding carboxylic acids is 1. The number of nitrogens with one attached hydrogen (secondary N) is 1. The van der Waals surface area contributed by atoms with Gasteiger partial charge in [0.15, 0.2) is 0 Å². The van der Waals surface area contributed by atoms with E-state index in [1.54, 1.807) is 0 Å². The van der Waals surface area contributed by atoms with Gasteiger partial charge in [-0.05, 0) is 64.7 Å². The van der Waals surface area contributed by atoms with Crippen molar-refractivity contribution in [3.63, 3.8) is 0 Å². The van der Waals surface area contributed by atoms with Crippen LogP contribution in [0, 0.1) is 29.1 Å². The zero-order valence-electron chi connectivity index (χ0n) is 17.0. The van der Waals surface area contributed by atoms with Gasteiger partial charge in [0.05, 0.1) is 5.92 Å². The molecule has 2 nitrogen and oxygen atoms in total. The van der Waals surface area contributed by atoms with Gasteiger partial charge in [-0.15, -0.1) is 0 Å². The third-order valence-electron chi connectivity index (χ3n) is 9.06. The van der Waals surface area contributed by atoms with Gasteiger partial charge in [0, 0.05) is 11.5 Å². The molecule has 4 fully saturated rings. The van der Waals surface area contributed by atoms with Crippen LogP contribution in [-0.4, -0.2) is 11.9 Å². The predicted molar refractivity (Wildman–Crippen MR) is 112 cm³/mol. The Hall–Kier alpha value is -2.09. The highest BCUT2D eigenvalue weighted by Gasteiger charge is 2.64. The fraction of sp³-hybridized carbons (Fsp3) is 0.500. The Morgan fingerprint density at radius 3 is 2.14 bits per heavy atom. The molecule has 1 unspecified atom stereocenters. The molecule has 0 aliphatic heterocycles. The van der Waals surface area contributed by atoms with Gasteiger partial charge in [-0.2, -0.15) is 0 Å². The van der Waals surface area contributed by atoms with Crippen LogP contribution in [0.2, 0.25) is 0 Å². The Labute approximate surface area is 167 Å². The lowest BCUT2D eigenvalue weighted by Crippen LogP contribution is -2.60. The van der Waals surface area contributed by atoms with Gasteiger partial charge in [0.2, 0.25) is 5.91 Å². The van der Waals surface area contributed by atoms with Crippen LogP contribution >= 0.6 is 0 Å². The maximum absolute atomic E-state index is 13.4. The highest BCUT2D eigenvalue weighted by Crippen LogP contribution is 2.66. The fourth-order valence-electron chi connectivity index (χ4n) is 7.16. The normalized spacial score (nSPS) is 34.9. The molecular formula is C26H29NO. The van der Waals surface area contributed by atoms with Gasteiger partial charge in [-0.3, -0.25) is 4.79 Å². The first-order chi connectivity index (χ1) is 13.4. The van der Waals surface area contributed by atoms with E-state index >= 15 is 0 Å². The average molecular weight is 372 g/mol. The summed E-state index contributed by atoms with van der Waals surface area (Å²) in [5.41, 5.74) is 5.74. The molecule has 5 atom stereocenters. The quantitative estimate of drug-likeness (QED) is 0.776.